The van der Waals surface area contributed by atoms with Crippen molar-refractivity contribution in [2.24, 2.45) is 11.8 Å². The van der Waals surface area contributed by atoms with E-state index in [1.807, 2.05) is 13.8 Å². The van der Waals surface area contributed by atoms with E-state index in [4.69, 9.17) is 21.1 Å². The lowest BCUT2D eigenvalue weighted by molar-refractivity contribution is -0.121. The summed E-state index contributed by atoms with van der Waals surface area (Å²) in [5.74, 6) is 0.942. The highest BCUT2D eigenvalue weighted by atomic mass is 35.5. The molecule has 130 valence electrons. The minimum atomic E-state index is -0.0449. The number of hydrogen-bond acceptors (Lipinski definition) is 4. The van der Waals surface area contributed by atoms with Crippen molar-refractivity contribution in [3.63, 3.8) is 0 Å². The van der Waals surface area contributed by atoms with E-state index in [2.05, 4.69) is 10.6 Å². The fraction of sp³-hybridized carbons (Fsp3) is 0.562. The zero-order chi connectivity index (χ0) is 15.9. The molecule has 1 aliphatic heterocycles. The van der Waals surface area contributed by atoms with Gasteiger partial charge in [0, 0.05) is 17.5 Å². The monoisotopic (exact) mass is 362 g/mol. The minimum Gasteiger partial charge on any atom is -0.489 e. The summed E-state index contributed by atoms with van der Waals surface area (Å²) in [7, 11) is 0. The zero-order valence-electron chi connectivity index (χ0n) is 13.4. The molecule has 0 aromatic heterocycles. The Balaban J connectivity index is 0.00000264. The molecular formula is C16H24Cl2N2O3. The van der Waals surface area contributed by atoms with Crippen molar-refractivity contribution >= 4 is 35.6 Å². The highest BCUT2D eigenvalue weighted by molar-refractivity contribution is 6.31. The Bertz CT molecular complexity index is 510. The molecule has 1 heterocycles. The molecule has 23 heavy (non-hydrogen) atoms. The number of hydrogen-bond donors (Lipinski definition) is 2. The molecule has 1 saturated heterocycles. The van der Waals surface area contributed by atoms with Crippen LogP contribution < -0.4 is 15.4 Å². The first-order valence-corrected chi connectivity index (χ1v) is 8.01. The summed E-state index contributed by atoms with van der Waals surface area (Å²) in [4.78, 5) is 12.3. The van der Waals surface area contributed by atoms with Gasteiger partial charge in [-0.2, -0.15) is 0 Å². The lowest BCUT2D eigenvalue weighted by atomic mass is 9.88. The van der Waals surface area contributed by atoms with Gasteiger partial charge in [-0.1, -0.05) is 18.5 Å². The smallest absolute Gasteiger partial charge is 0.227 e. The highest BCUT2D eigenvalue weighted by Crippen LogP contribution is 2.29. The fourth-order valence-electron chi connectivity index (χ4n) is 2.21. The van der Waals surface area contributed by atoms with Gasteiger partial charge in [0.15, 0.2) is 0 Å². The van der Waals surface area contributed by atoms with Gasteiger partial charge in [0.1, 0.15) is 12.4 Å². The molecule has 0 spiro atoms. The summed E-state index contributed by atoms with van der Waals surface area (Å²) in [6.45, 7) is 7.26. The number of amides is 1. The van der Waals surface area contributed by atoms with E-state index in [1.54, 1.807) is 18.2 Å². The van der Waals surface area contributed by atoms with Crippen LogP contribution in [0.15, 0.2) is 18.2 Å². The molecule has 1 aromatic rings. The van der Waals surface area contributed by atoms with Crippen molar-refractivity contribution in [2.75, 3.05) is 38.2 Å². The van der Waals surface area contributed by atoms with Gasteiger partial charge in [0.25, 0.3) is 0 Å². The van der Waals surface area contributed by atoms with E-state index in [1.165, 1.54) is 0 Å². The maximum Gasteiger partial charge on any atom is 0.227 e. The van der Waals surface area contributed by atoms with Crippen LogP contribution >= 0.6 is 24.0 Å². The maximum absolute atomic E-state index is 12.3. The molecule has 1 atom stereocenters. The second-order valence-electron chi connectivity index (χ2n) is 5.38. The van der Waals surface area contributed by atoms with Crippen molar-refractivity contribution in [3.05, 3.63) is 23.2 Å². The molecule has 2 rings (SSSR count). The van der Waals surface area contributed by atoms with E-state index < -0.39 is 0 Å². The number of carbonyl (C=O) groups is 1. The Kier molecular flexibility index (Phi) is 8.69. The Morgan fingerprint density at radius 2 is 2.17 bits per heavy atom. The summed E-state index contributed by atoms with van der Waals surface area (Å²) < 4.78 is 10.9. The van der Waals surface area contributed by atoms with Crippen LogP contribution in [0.4, 0.5) is 5.69 Å². The minimum absolute atomic E-state index is 0. The number of rotatable bonds is 8. The third kappa shape index (κ3) is 5.84. The van der Waals surface area contributed by atoms with Crippen molar-refractivity contribution < 1.29 is 14.3 Å². The van der Waals surface area contributed by atoms with Crippen LogP contribution in [0.2, 0.25) is 5.02 Å². The molecule has 2 N–H and O–H groups in total. The number of ether oxygens (including phenoxy) is 2. The molecule has 0 radical (unpaired) electrons. The predicted molar refractivity (Wildman–Crippen MR) is 94.8 cm³/mol. The Morgan fingerprint density at radius 3 is 2.78 bits per heavy atom. The Morgan fingerprint density at radius 1 is 1.43 bits per heavy atom. The van der Waals surface area contributed by atoms with Crippen molar-refractivity contribution in [2.45, 2.75) is 13.8 Å². The molecule has 1 fully saturated rings. The van der Waals surface area contributed by atoms with Crippen LogP contribution in [0.3, 0.4) is 0 Å². The number of benzene rings is 1. The molecule has 0 bridgehead atoms. The topological polar surface area (TPSA) is 59.6 Å². The van der Waals surface area contributed by atoms with Crippen LogP contribution in [-0.2, 0) is 9.53 Å². The zero-order valence-corrected chi connectivity index (χ0v) is 15.0. The Labute approximate surface area is 148 Å². The van der Waals surface area contributed by atoms with E-state index in [9.17, 15) is 4.79 Å². The molecule has 0 saturated carbocycles. The second kappa shape index (κ2) is 9.98. The van der Waals surface area contributed by atoms with Crippen molar-refractivity contribution in [1.29, 1.82) is 0 Å². The average molecular weight is 363 g/mol. The highest BCUT2D eigenvalue weighted by Gasteiger charge is 2.29. The average Bonchev–Trinajstić information content (AvgIpc) is 2.43. The van der Waals surface area contributed by atoms with Crippen LogP contribution in [0.25, 0.3) is 0 Å². The summed E-state index contributed by atoms with van der Waals surface area (Å²) in [6, 6.07) is 5.22. The van der Waals surface area contributed by atoms with Gasteiger partial charge < -0.3 is 20.1 Å². The normalized spacial score (nSPS) is 15.3. The number of anilines is 1. The molecule has 1 aromatic carbocycles. The van der Waals surface area contributed by atoms with Crippen LogP contribution in [0.1, 0.15) is 13.8 Å². The molecular weight excluding hydrogens is 339 g/mol. The van der Waals surface area contributed by atoms with Gasteiger partial charge in [0.05, 0.1) is 12.3 Å². The largest absolute Gasteiger partial charge is 0.489 e. The lowest BCUT2D eigenvalue weighted by Gasteiger charge is -2.31. The first-order chi connectivity index (χ1) is 10.6. The van der Waals surface area contributed by atoms with Crippen LogP contribution in [-0.4, -0.2) is 38.8 Å². The third-order valence-electron chi connectivity index (χ3n) is 3.82. The molecule has 1 amide bonds. The van der Waals surface area contributed by atoms with Gasteiger partial charge in [0.2, 0.25) is 5.91 Å². The fourth-order valence-corrected chi connectivity index (χ4v) is 2.38. The van der Waals surface area contributed by atoms with Gasteiger partial charge in [-0.05, 0) is 44.1 Å². The van der Waals surface area contributed by atoms with E-state index in [0.29, 0.717) is 42.2 Å². The molecule has 1 aliphatic rings. The summed E-state index contributed by atoms with van der Waals surface area (Å²) >= 11 is 6.02. The van der Waals surface area contributed by atoms with Crippen molar-refractivity contribution in [3.8, 4) is 5.75 Å². The van der Waals surface area contributed by atoms with Gasteiger partial charge >= 0.3 is 0 Å². The third-order valence-corrected chi connectivity index (χ3v) is 4.06. The van der Waals surface area contributed by atoms with Crippen LogP contribution in [0.5, 0.6) is 5.75 Å². The quantitative estimate of drug-likeness (QED) is 0.698. The standard InChI is InChI=1S/C16H23ClN2O3.ClH/c1-3-21-6-7-22-15-5-4-13(17)8-14(15)19-16(20)11(2)12-9-18-10-12;/h4-5,8,11-12,18H,3,6-7,9-10H2,1-2H3,(H,19,20);1H. The molecule has 5 nitrogen and oxygen atoms in total. The number of carbonyl (C=O) groups excluding carboxylic acids is 1. The summed E-state index contributed by atoms with van der Waals surface area (Å²) in [5, 5.41) is 6.67. The Hall–Kier alpha value is -1.01. The van der Waals surface area contributed by atoms with E-state index >= 15 is 0 Å². The van der Waals surface area contributed by atoms with Gasteiger partial charge in [-0.3, -0.25) is 4.79 Å². The molecule has 7 heteroatoms. The number of halogens is 2. The van der Waals surface area contributed by atoms with E-state index in [-0.39, 0.29) is 24.2 Å². The summed E-state index contributed by atoms with van der Waals surface area (Å²) in [5.41, 5.74) is 0.605. The first kappa shape index (κ1) is 20.0. The molecule has 1 unspecified atom stereocenters. The summed E-state index contributed by atoms with van der Waals surface area (Å²) in [6.07, 6.45) is 0. The predicted octanol–water partition coefficient (Wildman–Crippen LogP) is 2.97. The maximum atomic E-state index is 12.3. The second-order valence-corrected chi connectivity index (χ2v) is 5.82. The SMILES string of the molecule is CCOCCOc1ccc(Cl)cc1NC(=O)C(C)C1CNC1.Cl. The van der Waals surface area contributed by atoms with E-state index in [0.717, 1.165) is 13.1 Å². The number of nitrogens with one attached hydrogen (secondary N) is 2. The first-order valence-electron chi connectivity index (χ1n) is 7.63. The van der Waals surface area contributed by atoms with Crippen molar-refractivity contribution in [1.82, 2.24) is 5.32 Å². The van der Waals surface area contributed by atoms with Gasteiger partial charge in [-0.25, -0.2) is 0 Å². The lowest BCUT2D eigenvalue weighted by Crippen LogP contribution is -2.48. The van der Waals surface area contributed by atoms with Crippen LogP contribution in [0, 0.1) is 11.8 Å². The van der Waals surface area contributed by atoms with Gasteiger partial charge in [-0.15, -0.1) is 12.4 Å². The molecule has 0 aliphatic carbocycles.